The van der Waals surface area contributed by atoms with Crippen LogP contribution in [0.5, 0.6) is 0 Å². The standard InChI is InChI=1S/C12H11IN2O2.C3H8N2/c1-8(9-2-4-10(13)5-3-9)15-7-14-6-11(15)12(16)17;4-5-2-1-3-5/h2-8H,1H3,(H,16,17);1-4H2/t8-;/m1./s1. The van der Waals surface area contributed by atoms with E-state index in [0.717, 1.165) is 22.2 Å². The molecule has 6 nitrogen and oxygen atoms in total. The van der Waals surface area contributed by atoms with Gasteiger partial charge in [-0.25, -0.2) is 14.8 Å². The molecule has 1 aliphatic heterocycles. The number of aromatic nitrogens is 2. The van der Waals surface area contributed by atoms with Crippen molar-refractivity contribution in [1.29, 1.82) is 0 Å². The third-order valence-corrected chi connectivity index (χ3v) is 4.26. The number of hydrogen-bond donors (Lipinski definition) is 2. The third kappa shape index (κ3) is 4.28. The highest BCUT2D eigenvalue weighted by molar-refractivity contribution is 14.1. The summed E-state index contributed by atoms with van der Waals surface area (Å²) in [4.78, 5) is 14.9. The van der Waals surface area contributed by atoms with Crippen LogP contribution in [0.15, 0.2) is 36.8 Å². The molecule has 1 aromatic carbocycles. The Kier molecular flexibility index (Phi) is 5.92. The summed E-state index contributed by atoms with van der Waals surface area (Å²) in [5, 5.41) is 10.8. The smallest absolute Gasteiger partial charge is 0.354 e. The van der Waals surface area contributed by atoms with Crippen molar-refractivity contribution in [3.63, 3.8) is 0 Å². The number of imidazole rings is 1. The summed E-state index contributed by atoms with van der Waals surface area (Å²) < 4.78 is 2.81. The first-order valence-corrected chi connectivity index (χ1v) is 8.07. The van der Waals surface area contributed by atoms with Crippen molar-refractivity contribution in [2.45, 2.75) is 19.4 Å². The summed E-state index contributed by atoms with van der Waals surface area (Å²) in [7, 11) is 0. The molecule has 0 spiro atoms. The van der Waals surface area contributed by atoms with Gasteiger partial charge in [-0.3, -0.25) is 5.84 Å². The van der Waals surface area contributed by atoms with Crippen LogP contribution in [-0.4, -0.2) is 38.7 Å². The van der Waals surface area contributed by atoms with Gasteiger partial charge in [-0.05, 0) is 53.6 Å². The summed E-state index contributed by atoms with van der Waals surface area (Å²) in [6.07, 6.45) is 4.20. The van der Waals surface area contributed by atoms with Crippen molar-refractivity contribution in [3.05, 3.63) is 51.6 Å². The lowest BCUT2D eigenvalue weighted by Crippen LogP contribution is -2.42. The number of carboxylic acid groups (broad SMARTS) is 1. The van der Waals surface area contributed by atoms with Crippen LogP contribution in [0.25, 0.3) is 0 Å². The number of rotatable bonds is 3. The third-order valence-electron chi connectivity index (χ3n) is 3.55. The van der Waals surface area contributed by atoms with Gasteiger partial charge >= 0.3 is 5.97 Å². The maximum atomic E-state index is 11.0. The molecule has 2 aromatic rings. The molecule has 2 heterocycles. The highest BCUT2D eigenvalue weighted by Gasteiger charge is 2.15. The van der Waals surface area contributed by atoms with E-state index in [-0.39, 0.29) is 11.7 Å². The average molecular weight is 414 g/mol. The van der Waals surface area contributed by atoms with E-state index in [1.54, 1.807) is 15.9 Å². The minimum absolute atomic E-state index is 0.0411. The molecule has 0 saturated carbocycles. The second-order valence-corrected chi connectivity index (χ2v) is 6.35. The van der Waals surface area contributed by atoms with Gasteiger partial charge in [-0.1, -0.05) is 12.1 Å². The molecule has 3 rings (SSSR count). The SMILES string of the molecule is C[C@H](c1ccc(I)cc1)n1cncc1C(=O)O.NN1CCC1. The second-order valence-electron chi connectivity index (χ2n) is 5.11. The van der Waals surface area contributed by atoms with Crippen LogP contribution in [0.3, 0.4) is 0 Å². The molecule has 1 aromatic heterocycles. The Hall–Kier alpha value is -1.45. The molecule has 0 aliphatic carbocycles. The first-order valence-electron chi connectivity index (χ1n) is 6.99. The van der Waals surface area contributed by atoms with Gasteiger partial charge in [0.05, 0.1) is 18.6 Å². The van der Waals surface area contributed by atoms with E-state index in [4.69, 9.17) is 10.9 Å². The number of hydrogen-bond acceptors (Lipinski definition) is 4. The van der Waals surface area contributed by atoms with Crippen LogP contribution in [0, 0.1) is 3.57 Å². The van der Waals surface area contributed by atoms with Gasteiger partial charge in [0, 0.05) is 16.7 Å². The van der Waals surface area contributed by atoms with Gasteiger partial charge in [0.25, 0.3) is 0 Å². The molecule has 3 N–H and O–H groups in total. The highest BCUT2D eigenvalue weighted by Crippen LogP contribution is 2.20. The normalized spacial score (nSPS) is 15.4. The summed E-state index contributed by atoms with van der Waals surface area (Å²) in [5.74, 6) is 4.25. The topological polar surface area (TPSA) is 84.4 Å². The zero-order chi connectivity index (χ0) is 16.1. The van der Waals surface area contributed by atoms with Crippen LogP contribution < -0.4 is 5.84 Å². The van der Waals surface area contributed by atoms with Gasteiger partial charge in [-0.2, -0.15) is 0 Å². The van der Waals surface area contributed by atoms with Crippen molar-refractivity contribution in [2.75, 3.05) is 13.1 Å². The molecule has 1 saturated heterocycles. The molecule has 1 atom stereocenters. The number of carbonyl (C=O) groups is 1. The average Bonchev–Trinajstić information content (AvgIpc) is 2.95. The molecular formula is C15H19IN4O2. The number of benzene rings is 1. The van der Waals surface area contributed by atoms with Crippen LogP contribution in [0.2, 0.25) is 0 Å². The van der Waals surface area contributed by atoms with Gasteiger partial charge in [0.1, 0.15) is 5.69 Å². The number of carboxylic acids is 1. The summed E-state index contributed by atoms with van der Waals surface area (Å²) in [6.45, 7) is 4.15. The lowest BCUT2D eigenvalue weighted by atomic mass is 10.1. The van der Waals surface area contributed by atoms with E-state index >= 15 is 0 Å². The Morgan fingerprint density at radius 2 is 1.95 bits per heavy atom. The first kappa shape index (κ1) is 16.9. The number of nitrogens with two attached hydrogens (primary N) is 1. The van der Waals surface area contributed by atoms with Crippen LogP contribution in [0.1, 0.15) is 35.4 Å². The molecule has 118 valence electrons. The Balaban J connectivity index is 0.000000299. The minimum atomic E-state index is -0.958. The van der Waals surface area contributed by atoms with E-state index < -0.39 is 5.97 Å². The highest BCUT2D eigenvalue weighted by atomic mass is 127. The van der Waals surface area contributed by atoms with Crippen molar-refractivity contribution in [3.8, 4) is 0 Å². The number of hydrazine groups is 1. The summed E-state index contributed by atoms with van der Waals surface area (Å²) in [6, 6.07) is 7.96. The second kappa shape index (κ2) is 7.70. The Morgan fingerprint density at radius 1 is 1.36 bits per heavy atom. The van der Waals surface area contributed by atoms with Crippen LogP contribution in [0.4, 0.5) is 0 Å². The maximum Gasteiger partial charge on any atom is 0.354 e. The lowest BCUT2D eigenvalue weighted by molar-refractivity contribution is 0.0684. The molecular weight excluding hydrogens is 395 g/mol. The number of halogens is 1. The lowest BCUT2D eigenvalue weighted by Gasteiger charge is -2.24. The van der Waals surface area contributed by atoms with E-state index in [9.17, 15) is 4.79 Å². The van der Waals surface area contributed by atoms with E-state index in [0.29, 0.717) is 0 Å². The van der Waals surface area contributed by atoms with Gasteiger partial charge in [-0.15, -0.1) is 0 Å². The summed E-state index contributed by atoms with van der Waals surface area (Å²) >= 11 is 2.24. The van der Waals surface area contributed by atoms with Gasteiger partial charge < -0.3 is 9.67 Å². The zero-order valence-corrected chi connectivity index (χ0v) is 14.5. The Bertz CT molecular complexity index is 623. The number of nitrogens with zero attached hydrogens (tertiary/aromatic N) is 3. The van der Waals surface area contributed by atoms with Gasteiger partial charge in [0.15, 0.2) is 0 Å². The molecule has 0 bridgehead atoms. The first-order chi connectivity index (χ1) is 10.5. The van der Waals surface area contributed by atoms with Crippen LogP contribution in [-0.2, 0) is 0 Å². The molecule has 22 heavy (non-hydrogen) atoms. The summed E-state index contributed by atoms with van der Waals surface area (Å²) in [5.41, 5.74) is 1.27. The van der Waals surface area contributed by atoms with Gasteiger partial charge in [0.2, 0.25) is 0 Å². The molecule has 0 amide bonds. The monoisotopic (exact) mass is 414 g/mol. The van der Waals surface area contributed by atoms with E-state index in [1.165, 1.54) is 12.6 Å². The van der Waals surface area contributed by atoms with Crippen LogP contribution >= 0.6 is 22.6 Å². The largest absolute Gasteiger partial charge is 0.477 e. The quantitative estimate of drug-likeness (QED) is 0.595. The fraction of sp³-hybridized carbons (Fsp3) is 0.333. The molecule has 0 radical (unpaired) electrons. The van der Waals surface area contributed by atoms with Crippen molar-refractivity contribution < 1.29 is 9.90 Å². The fourth-order valence-electron chi connectivity index (χ4n) is 2.02. The molecule has 1 fully saturated rings. The molecule has 1 aliphatic rings. The predicted molar refractivity (Wildman–Crippen MR) is 92.5 cm³/mol. The van der Waals surface area contributed by atoms with E-state index in [2.05, 4.69) is 27.6 Å². The molecule has 7 heteroatoms. The maximum absolute atomic E-state index is 11.0. The van der Waals surface area contributed by atoms with Crippen molar-refractivity contribution in [2.24, 2.45) is 5.84 Å². The minimum Gasteiger partial charge on any atom is -0.477 e. The molecule has 0 unspecified atom stereocenters. The Labute approximate surface area is 143 Å². The van der Waals surface area contributed by atoms with E-state index in [1.807, 2.05) is 31.2 Å². The Morgan fingerprint density at radius 3 is 2.41 bits per heavy atom. The van der Waals surface area contributed by atoms with Crippen molar-refractivity contribution in [1.82, 2.24) is 14.6 Å². The fourth-order valence-corrected chi connectivity index (χ4v) is 2.38. The number of aromatic carboxylic acids is 1. The predicted octanol–water partition coefficient (Wildman–Crippen LogP) is 2.36. The zero-order valence-electron chi connectivity index (χ0n) is 12.3. The van der Waals surface area contributed by atoms with Crippen molar-refractivity contribution >= 4 is 28.6 Å².